The molecule has 0 aliphatic carbocycles. The van der Waals surface area contributed by atoms with Gasteiger partial charge in [-0.1, -0.05) is 22.9 Å². The summed E-state index contributed by atoms with van der Waals surface area (Å²) >= 11 is 0. The van der Waals surface area contributed by atoms with E-state index in [0.717, 1.165) is 22.6 Å². The topological polar surface area (TPSA) is 70.5 Å². The minimum Gasteiger partial charge on any atom is -0.487 e. The van der Waals surface area contributed by atoms with Gasteiger partial charge in [0.2, 0.25) is 0 Å². The van der Waals surface area contributed by atoms with E-state index in [1.807, 2.05) is 38.1 Å². The molecule has 0 radical (unpaired) electrons. The minimum absolute atomic E-state index is 0.0775. The van der Waals surface area contributed by atoms with Gasteiger partial charge in [0, 0.05) is 24.8 Å². The molecule has 1 heterocycles. The molecule has 1 aromatic carbocycles. The molecule has 1 aromatic heterocycles. The number of methoxy groups -OCH3 is 1. The SMILES string of the molecule is COCc1cc(COc2ccc(C)cc2C(C)N)no1. The molecule has 108 valence electrons. The number of aryl methyl sites for hydroxylation is 1. The van der Waals surface area contributed by atoms with Crippen LogP contribution in [0.4, 0.5) is 0 Å². The lowest BCUT2D eigenvalue weighted by molar-refractivity contribution is 0.155. The van der Waals surface area contributed by atoms with Crippen LogP contribution in [0.2, 0.25) is 0 Å². The summed E-state index contributed by atoms with van der Waals surface area (Å²) in [5.74, 6) is 1.46. The van der Waals surface area contributed by atoms with Gasteiger partial charge in [0.05, 0.1) is 0 Å². The normalized spacial score (nSPS) is 12.4. The Bertz CT molecular complexity index is 564. The lowest BCUT2D eigenvalue weighted by Crippen LogP contribution is -2.08. The number of benzene rings is 1. The average Bonchev–Trinajstić information content (AvgIpc) is 2.85. The van der Waals surface area contributed by atoms with Crippen molar-refractivity contribution in [3.05, 3.63) is 46.8 Å². The molecule has 0 aliphatic heterocycles. The Kier molecular flexibility index (Phi) is 4.76. The van der Waals surface area contributed by atoms with E-state index in [0.29, 0.717) is 19.0 Å². The molecule has 0 aliphatic rings. The first kappa shape index (κ1) is 14.6. The zero-order valence-corrected chi connectivity index (χ0v) is 12.1. The Morgan fingerprint density at radius 1 is 1.30 bits per heavy atom. The van der Waals surface area contributed by atoms with Gasteiger partial charge >= 0.3 is 0 Å². The molecule has 2 N–H and O–H groups in total. The highest BCUT2D eigenvalue weighted by molar-refractivity contribution is 5.38. The standard InChI is InChI=1S/C15H20N2O3/c1-10-4-5-15(14(6-10)11(2)16)19-8-12-7-13(9-18-3)20-17-12/h4-7,11H,8-9,16H2,1-3H3. The second-order valence-corrected chi connectivity index (χ2v) is 4.84. The first-order valence-electron chi connectivity index (χ1n) is 6.52. The maximum atomic E-state index is 5.97. The highest BCUT2D eigenvalue weighted by atomic mass is 16.5. The summed E-state index contributed by atoms with van der Waals surface area (Å²) in [6.07, 6.45) is 0. The van der Waals surface area contributed by atoms with Crippen molar-refractivity contribution in [3.8, 4) is 5.75 Å². The van der Waals surface area contributed by atoms with Gasteiger partial charge in [0.25, 0.3) is 0 Å². The van der Waals surface area contributed by atoms with E-state index in [1.54, 1.807) is 7.11 Å². The first-order valence-corrected chi connectivity index (χ1v) is 6.52. The molecule has 0 saturated heterocycles. The van der Waals surface area contributed by atoms with E-state index < -0.39 is 0 Å². The molecule has 0 bridgehead atoms. The molecular formula is C15H20N2O3. The van der Waals surface area contributed by atoms with Crippen LogP contribution in [0.25, 0.3) is 0 Å². The van der Waals surface area contributed by atoms with Crippen LogP contribution in [-0.2, 0) is 18.0 Å². The number of nitrogens with zero attached hydrogens (tertiary/aromatic N) is 1. The molecule has 0 saturated carbocycles. The molecule has 20 heavy (non-hydrogen) atoms. The van der Waals surface area contributed by atoms with Crippen LogP contribution in [-0.4, -0.2) is 12.3 Å². The minimum atomic E-state index is -0.0775. The summed E-state index contributed by atoms with van der Waals surface area (Å²) in [5.41, 5.74) is 8.85. The smallest absolute Gasteiger partial charge is 0.162 e. The van der Waals surface area contributed by atoms with Crippen molar-refractivity contribution in [2.75, 3.05) is 7.11 Å². The van der Waals surface area contributed by atoms with Crippen molar-refractivity contribution < 1.29 is 14.0 Å². The second-order valence-electron chi connectivity index (χ2n) is 4.84. The summed E-state index contributed by atoms with van der Waals surface area (Å²) in [6.45, 7) is 4.72. The van der Waals surface area contributed by atoms with Crippen LogP contribution < -0.4 is 10.5 Å². The van der Waals surface area contributed by atoms with Crippen molar-refractivity contribution in [3.63, 3.8) is 0 Å². The summed E-state index contributed by atoms with van der Waals surface area (Å²) in [4.78, 5) is 0. The third-order valence-corrected chi connectivity index (χ3v) is 2.93. The largest absolute Gasteiger partial charge is 0.487 e. The fourth-order valence-electron chi connectivity index (χ4n) is 1.94. The number of nitrogens with two attached hydrogens (primary N) is 1. The molecule has 0 amide bonds. The van der Waals surface area contributed by atoms with Gasteiger partial charge in [0.15, 0.2) is 5.76 Å². The Labute approximate surface area is 118 Å². The molecule has 5 heteroatoms. The highest BCUT2D eigenvalue weighted by Crippen LogP contribution is 2.25. The van der Waals surface area contributed by atoms with Gasteiger partial charge in [-0.3, -0.25) is 0 Å². The summed E-state index contributed by atoms with van der Waals surface area (Å²) in [7, 11) is 1.61. The van der Waals surface area contributed by atoms with E-state index in [4.69, 9.17) is 19.7 Å². The van der Waals surface area contributed by atoms with Crippen molar-refractivity contribution in [2.24, 2.45) is 5.73 Å². The molecule has 5 nitrogen and oxygen atoms in total. The predicted octanol–water partition coefficient (Wildman–Crippen LogP) is 2.73. The van der Waals surface area contributed by atoms with Crippen molar-refractivity contribution in [1.29, 1.82) is 0 Å². The highest BCUT2D eigenvalue weighted by Gasteiger charge is 2.10. The zero-order chi connectivity index (χ0) is 14.5. The first-order chi connectivity index (χ1) is 9.60. The number of rotatable bonds is 6. The van der Waals surface area contributed by atoms with Crippen LogP contribution in [0.15, 0.2) is 28.8 Å². The Hall–Kier alpha value is -1.85. The van der Waals surface area contributed by atoms with Crippen molar-refractivity contribution in [2.45, 2.75) is 33.1 Å². The average molecular weight is 276 g/mol. The van der Waals surface area contributed by atoms with E-state index in [2.05, 4.69) is 5.16 Å². The van der Waals surface area contributed by atoms with Crippen molar-refractivity contribution in [1.82, 2.24) is 5.16 Å². The molecule has 1 unspecified atom stereocenters. The van der Waals surface area contributed by atoms with Crippen LogP contribution in [0.1, 0.15) is 35.5 Å². The van der Waals surface area contributed by atoms with Crippen LogP contribution in [0.5, 0.6) is 5.75 Å². The molecule has 0 fully saturated rings. The van der Waals surface area contributed by atoms with Gasteiger partial charge in [0.1, 0.15) is 24.7 Å². The Balaban J connectivity index is 2.06. The van der Waals surface area contributed by atoms with Gasteiger partial charge < -0.3 is 19.7 Å². The van der Waals surface area contributed by atoms with Crippen LogP contribution in [0.3, 0.4) is 0 Å². The summed E-state index contributed by atoms with van der Waals surface area (Å²) < 4.78 is 15.9. The third-order valence-electron chi connectivity index (χ3n) is 2.93. The summed E-state index contributed by atoms with van der Waals surface area (Å²) in [6, 6.07) is 7.72. The molecule has 1 atom stereocenters. The fourth-order valence-corrected chi connectivity index (χ4v) is 1.94. The van der Waals surface area contributed by atoms with Gasteiger partial charge in [-0.2, -0.15) is 0 Å². The quantitative estimate of drug-likeness (QED) is 0.878. The van der Waals surface area contributed by atoms with Gasteiger partial charge in [-0.05, 0) is 19.9 Å². The van der Waals surface area contributed by atoms with Crippen LogP contribution in [0, 0.1) is 6.92 Å². The van der Waals surface area contributed by atoms with Gasteiger partial charge in [-0.15, -0.1) is 0 Å². The van der Waals surface area contributed by atoms with Crippen LogP contribution >= 0.6 is 0 Å². The van der Waals surface area contributed by atoms with E-state index >= 15 is 0 Å². The number of hydrogen-bond donors (Lipinski definition) is 1. The second kappa shape index (κ2) is 6.54. The Morgan fingerprint density at radius 3 is 2.80 bits per heavy atom. The number of aromatic nitrogens is 1. The van der Waals surface area contributed by atoms with E-state index in [1.165, 1.54) is 0 Å². The third kappa shape index (κ3) is 3.59. The lowest BCUT2D eigenvalue weighted by atomic mass is 10.1. The molecular weight excluding hydrogens is 256 g/mol. The number of ether oxygens (including phenoxy) is 2. The maximum Gasteiger partial charge on any atom is 0.162 e. The van der Waals surface area contributed by atoms with Gasteiger partial charge in [-0.25, -0.2) is 0 Å². The maximum absolute atomic E-state index is 5.97. The van der Waals surface area contributed by atoms with E-state index in [-0.39, 0.29) is 6.04 Å². The zero-order valence-electron chi connectivity index (χ0n) is 12.1. The Morgan fingerprint density at radius 2 is 2.10 bits per heavy atom. The number of hydrogen-bond acceptors (Lipinski definition) is 5. The fraction of sp³-hybridized carbons (Fsp3) is 0.400. The molecule has 0 spiro atoms. The molecule has 2 aromatic rings. The lowest BCUT2D eigenvalue weighted by Gasteiger charge is -2.14. The molecule has 2 rings (SSSR count). The monoisotopic (exact) mass is 276 g/mol. The predicted molar refractivity (Wildman–Crippen MR) is 75.3 cm³/mol. The summed E-state index contributed by atoms with van der Waals surface area (Å²) in [5, 5.41) is 3.93. The van der Waals surface area contributed by atoms with E-state index in [9.17, 15) is 0 Å². The van der Waals surface area contributed by atoms with Crippen molar-refractivity contribution >= 4 is 0 Å².